The molecule has 5 heteroatoms. The van der Waals surface area contributed by atoms with E-state index < -0.39 is 10.8 Å². The molecular formula is C9H18N2OS2. The first-order chi connectivity index (χ1) is 6.72. The van der Waals surface area contributed by atoms with Gasteiger partial charge in [-0.15, -0.1) is 0 Å². The van der Waals surface area contributed by atoms with Gasteiger partial charge >= 0.3 is 0 Å². The zero-order chi connectivity index (χ0) is 10.4. The molecule has 0 aromatic heterocycles. The van der Waals surface area contributed by atoms with Crippen molar-refractivity contribution in [2.45, 2.75) is 25.0 Å². The van der Waals surface area contributed by atoms with Gasteiger partial charge in [0.25, 0.3) is 0 Å². The van der Waals surface area contributed by atoms with Crippen molar-refractivity contribution in [3.8, 4) is 0 Å². The third-order valence-corrected chi connectivity index (χ3v) is 3.99. The Hall–Kier alpha value is -0.0300. The van der Waals surface area contributed by atoms with Crippen LogP contribution in [0.4, 0.5) is 0 Å². The molecule has 82 valence electrons. The summed E-state index contributed by atoms with van der Waals surface area (Å²) < 4.78 is 10.8. The van der Waals surface area contributed by atoms with E-state index in [2.05, 4.69) is 17.2 Å². The van der Waals surface area contributed by atoms with Crippen LogP contribution in [0.15, 0.2) is 4.99 Å². The molecule has 1 aliphatic rings. The Morgan fingerprint density at radius 1 is 1.71 bits per heavy atom. The van der Waals surface area contributed by atoms with Gasteiger partial charge in [0.05, 0.1) is 6.54 Å². The summed E-state index contributed by atoms with van der Waals surface area (Å²) in [5.41, 5.74) is 0. The molecule has 0 saturated heterocycles. The van der Waals surface area contributed by atoms with E-state index in [-0.39, 0.29) is 0 Å². The Morgan fingerprint density at radius 2 is 2.50 bits per heavy atom. The Kier molecular flexibility index (Phi) is 5.55. The zero-order valence-electron chi connectivity index (χ0n) is 8.78. The summed E-state index contributed by atoms with van der Waals surface area (Å²) in [4.78, 5) is 4.40. The lowest BCUT2D eigenvalue weighted by atomic mass is 10.2. The molecule has 14 heavy (non-hydrogen) atoms. The Balaban J connectivity index is 2.12. The summed E-state index contributed by atoms with van der Waals surface area (Å²) in [7, 11) is -0.704. The standard InChI is InChI=1S/C9H18N2OS2/c1-3-4-8-7-11-9(13-8)10-5-6-14(2)12/h8H,3-7H2,1-2H3,(H,10,11). The Bertz CT molecular complexity index is 231. The molecule has 0 saturated carbocycles. The minimum Gasteiger partial charge on any atom is -0.364 e. The molecule has 2 unspecified atom stereocenters. The summed E-state index contributed by atoms with van der Waals surface area (Å²) in [5, 5.41) is 4.92. The van der Waals surface area contributed by atoms with Crippen LogP contribution < -0.4 is 5.32 Å². The van der Waals surface area contributed by atoms with E-state index >= 15 is 0 Å². The summed E-state index contributed by atoms with van der Waals surface area (Å²) in [5.74, 6) is 0.706. The minimum atomic E-state index is -0.704. The van der Waals surface area contributed by atoms with Crippen molar-refractivity contribution < 1.29 is 4.21 Å². The lowest BCUT2D eigenvalue weighted by Crippen LogP contribution is -2.24. The quantitative estimate of drug-likeness (QED) is 0.778. The fraction of sp³-hybridized carbons (Fsp3) is 0.889. The maximum Gasteiger partial charge on any atom is 0.156 e. The first kappa shape index (κ1) is 12.0. The van der Waals surface area contributed by atoms with Crippen LogP contribution in [0.1, 0.15) is 19.8 Å². The van der Waals surface area contributed by atoms with E-state index in [1.54, 1.807) is 6.26 Å². The Morgan fingerprint density at radius 3 is 3.14 bits per heavy atom. The number of hydrogen-bond acceptors (Lipinski definition) is 4. The summed E-state index contributed by atoms with van der Waals surface area (Å²) in [6.45, 7) is 3.91. The normalized spacial score (nSPS) is 23.3. The minimum absolute atomic E-state index is 0.662. The molecule has 0 bridgehead atoms. The topological polar surface area (TPSA) is 41.5 Å². The predicted octanol–water partition coefficient (Wildman–Crippen LogP) is 1.23. The number of nitrogens with zero attached hydrogens (tertiary/aromatic N) is 1. The smallest absolute Gasteiger partial charge is 0.156 e. The summed E-state index contributed by atoms with van der Waals surface area (Å²) in [6.07, 6.45) is 4.18. The second-order valence-corrected chi connectivity index (χ2v) is 6.22. The van der Waals surface area contributed by atoms with E-state index in [1.807, 2.05) is 11.8 Å². The van der Waals surface area contributed by atoms with Gasteiger partial charge in [-0.25, -0.2) is 0 Å². The third kappa shape index (κ3) is 4.46. The highest BCUT2D eigenvalue weighted by molar-refractivity contribution is 8.14. The van der Waals surface area contributed by atoms with Gasteiger partial charge in [-0.1, -0.05) is 25.1 Å². The fourth-order valence-corrected chi connectivity index (χ4v) is 2.83. The van der Waals surface area contributed by atoms with Gasteiger partial charge < -0.3 is 5.32 Å². The first-order valence-corrected chi connectivity index (χ1v) is 7.58. The molecule has 0 aromatic rings. The molecule has 0 aliphatic carbocycles. The maximum atomic E-state index is 10.8. The monoisotopic (exact) mass is 234 g/mol. The van der Waals surface area contributed by atoms with Crippen molar-refractivity contribution >= 4 is 27.7 Å². The lowest BCUT2D eigenvalue weighted by molar-refractivity contribution is 0.685. The molecule has 1 rings (SSSR count). The van der Waals surface area contributed by atoms with Crippen LogP contribution in [0, 0.1) is 0 Å². The van der Waals surface area contributed by atoms with Crippen LogP contribution in [0.25, 0.3) is 0 Å². The van der Waals surface area contributed by atoms with Gasteiger partial charge in [0, 0.05) is 34.6 Å². The van der Waals surface area contributed by atoms with Crippen molar-refractivity contribution in [2.24, 2.45) is 4.99 Å². The molecule has 1 N–H and O–H groups in total. The highest BCUT2D eigenvalue weighted by atomic mass is 32.2. The molecule has 2 atom stereocenters. The van der Waals surface area contributed by atoms with E-state index in [4.69, 9.17) is 0 Å². The van der Waals surface area contributed by atoms with Crippen LogP contribution in [0.2, 0.25) is 0 Å². The van der Waals surface area contributed by atoms with Crippen LogP contribution in [-0.2, 0) is 10.8 Å². The van der Waals surface area contributed by atoms with E-state index in [0.29, 0.717) is 11.0 Å². The van der Waals surface area contributed by atoms with Gasteiger partial charge in [-0.3, -0.25) is 9.20 Å². The first-order valence-electron chi connectivity index (χ1n) is 4.97. The van der Waals surface area contributed by atoms with Crippen LogP contribution in [0.3, 0.4) is 0 Å². The van der Waals surface area contributed by atoms with Crippen molar-refractivity contribution in [3.05, 3.63) is 0 Å². The second kappa shape index (κ2) is 6.45. The van der Waals surface area contributed by atoms with Gasteiger partial charge in [-0.05, 0) is 6.42 Å². The number of hydrogen-bond donors (Lipinski definition) is 1. The number of nitrogens with one attached hydrogen (secondary N) is 1. The van der Waals surface area contributed by atoms with Gasteiger partial charge in [0.2, 0.25) is 0 Å². The van der Waals surface area contributed by atoms with Gasteiger partial charge in [-0.2, -0.15) is 0 Å². The van der Waals surface area contributed by atoms with Crippen LogP contribution in [0.5, 0.6) is 0 Å². The summed E-state index contributed by atoms with van der Waals surface area (Å²) >= 11 is 1.83. The molecule has 0 amide bonds. The summed E-state index contributed by atoms with van der Waals surface area (Å²) in [6, 6.07) is 0. The molecule has 0 aromatic carbocycles. The molecule has 1 heterocycles. The fourth-order valence-electron chi connectivity index (χ4n) is 1.29. The highest BCUT2D eigenvalue weighted by Crippen LogP contribution is 2.23. The van der Waals surface area contributed by atoms with E-state index in [1.165, 1.54) is 12.8 Å². The molecule has 0 fully saturated rings. The molecular weight excluding hydrogens is 216 g/mol. The number of amidine groups is 1. The maximum absolute atomic E-state index is 10.8. The lowest BCUT2D eigenvalue weighted by Gasteiger charge is -2.06. The van der Waals surface area contributed by atoms with Crippen molar-refractivity contribution in [3.63, 3.8) is 0 Å². The predicted molar refractivity (Wildman–Crippen MR) is 65.5 cm³/mol. The molecule has 3 nitrogen and oxygen atoms in total. The average molecular weight is 234 g/mol. The second-order valence-electron chi connectivity index (χ2n) is 3.38. The number of aliphatic imine (C=N–C) groups is 1. The van der Waals surface area contributed by atoms with Crippen LogP contribution in [-0.4, -0.2) is 39.7 Å². The van der Waals surface area contributed by atoms with E-state index in [0.717, 1.165) is 18.3 Å². The number of rotatable bonds is 5. The highest BCUT2D eigenvalue weighted by Gasteiger charge is 2.17. The molecule has 1 aliphatic heterocycles. The zero-order valence-corrected chi connectivity index (χ0v) is 10.4. The molecule has 0 spiro atoms. The van der Waals surface area contributed by atoms with Gasteiger partial charge in [0.15, 0.2) is 5.17 Å². The number of thioether (sulfide) groups is 1. The average Bonchev–Trinajstić information content (AvgIpc) is 2.53. The van der Waals surface area contributed by atoms with Gasteiger partial charge in [0.1, 0.15) is 0 Å². The van der Waals surface area contributed by atoms with Crippen molar-refractivity contribution in [1.82, 2.24) is 5.32 Å². The SMILES string of the molecule is CCCC1CN=C(NCCS(C)=O)S1. The Labute approximate surface area is 92.6 Å². The largest absolute Gasteiger partial charge is 0.364 e. The van der Waals surface area contributed by atoms with Crippen molar-refractivity contribution in [1.29, 1.82) is 0 Å². The van der Waals surface area contributed by atoms with E-state index in [9.17, 15) is 4.21 Å². The molecule has 0 radical (unpaired) electrons. The third-order valence-electron chi connectivity index (χ3n) is 1.99. The van der Waals surface area contributed by atoms with Crippen molar-refractivity contribution in [2.75, 3.05) is 25.1 Å². The van der Waals surface area contributed by atoms with Crippen LogP contribution >= 0.6 is 11.8 Å².